The monoisotopic (exact) mass is 534 g/mol. The van der Waals surface area contributed by atoms with Crippen LogP contribution in [-0.2, 0) is 17.8 Å². The molecule has 4 aromatic rings. The Kier molecular flexibility index (Phi) is 8.57. The normalized spacial score (nSPS) is 14.5. The third-order valence-electron chi connectivity index (χ3n) is 7.09. The lowest BCUT2D eigenvalue weighted by atomic mass is 9.92. The number of hydrogen-bond donors (Lipinski definition) is 1. The third-order valence-corrected chi connectivity index (χ3v) is 7.09. The molecule has 0 fully saturated rings. The van der Waals surface area contributed by atoms with Crippen LogP contribution in [0.5, 0.6) is 11.5 Å². The summed E-state index contributed by atoms with van der Waals surface area (Å²) in [5.74, 6) is 1.09. The molecule has 3 aromatic carbocycles. The second-order valence-corrected chi connectivity index (χ2v) is 9.74. The molecule has 0 saturated carbocycles. The fraction of sp³-hybridized carbons (Fsp3) is 0.235. The molecule has 0 aliphatic carbocycles. The van der Waals surface area contributed by atoms with Crippen molar-refractivity contribution in [1.82, 2.24) is 10.3 Å². The Labute approximate surface area is 235 Å². The van der Waals surface area contributed by atoms with Crippen LogP contribution >= 0.6 is 0 Å². The zero-order valence-electron chi connectivity index (χ0n) is 23.1. The van der Waals surface area contributed by atoms with E-state index in [1.807, 2.05) is 24.3 Å². The maximum absolute atomic E-state index is 12.0. The molecule has 1 N–H and O–H groups in total. The highest BCUT2D eigenvalue weighted by Crippen LogP contribution is 2.36. The first-order valence-corrected chi connectivity index (χ1v) is 13.6. The van der Waals surface area contributed by atoms with Gasteiger partial charge in [-0.1, -0.05) is 60.7 Å². The quantitative estimate of drug-likeness (QED) is 0.240. The van der Waals surface area contributed by atoms with E-state index >= 15 is 0 Å². The van der Waals surface area contributed by atoms with Crippen molar-refractivity contribution >= 4 is 12.0 Å². The van der Waals surface area contributed by atoms with Crippen LogP contribution in [0.1, 0.15) is 51.3 Å². The van der Waals surface area contributed by atoms with E-state index in [4.69, 9.17) is 14.2 Å². The van der Waals surface area contributed by atoms with Crippen molar-refractivity contribution in [3.05, 3.63) is 119 Å². The molecule has 6 nitrogen and oxygen atoms in total. The molecule has 1 aromatic heterocycles. The molecule has 6 heteroatoms. The zero-order chi connectivity index (χ0) is 27.9. The average Bonchev–Trinajstić information content (AvgIpc) is 3.00. The van der Waals surface area contributed by atoms with Gasteiger partial charge in [0.25, 0.3) is 0 Å². The van der Waals surface area contributed by atoms with Crippen molar-refractivity contribution in [2.24, 2.45) is 0 Å². The van der Waals surface area contributed by atoms with Crippen molar-refractivity contribution in [2.75, 3.05) is 20.3 Å². The Morgan fingerprint density at radius 3 is 2.60 bits per heavy atom. The Bertz CT molecular complexity index is 1500. The number of carbonyl (C=O) groups excluding carboxylic acids is 1. The average molecular weight is 535 g/mol. The minimum absolute atomic E-state index is 0.0504. The van der Waals surface area contributed by atoms with Crippen LogP contribution in [0.4, 0.5) is 0 Å². The first-order chi connectivity index (χ1) is 19.6. The molecule has 0 saturated heterocycles. The number of ether oxygens (including phenoxy) is 3. The van der Waals surface area contributed by atoms with Gasteiger partial charge in [-0.05, 0) is 77.9 Å². The minimum atomic E-state index is -0.409. The van der Waals surface area contributed by atoms with E-state index in [-0.39, 0.29) is 6.04 Å². The summed E-state index contributed by atoms with van der Waals surface area (Å²) in [6, 6.07) is 24.4. The summed E-state index contributed by atoms with van der Waals surface area (Å²) in [4.78, 5) is 16.2. The molecule has 0 spiro atoms. The molecule has 1 aliphatic heterocycles. The predicted molar refractivity (Wildman–Crippen MR) is 158 cm³/mol. The zero-order valence-corrected chi connectivity index (χ0v) is 23.1. The summed E-state index contributed by atoms with van der Waals surface area (Å²) < 4.78 is 16.9. The Balaban J connectivity index is 1.36. The van der Waals surface area contributed by atoms with Crippen LogP contribution in [0, 0.1) is 6.92 Å². The van der Waals surface area contributed by atoms with E-state index in [1.54, 1.807) is 26.3 Å². The predicted octanol–water partition coefficient (Wildman–Crippen LogP) is 6.72. The maximum atomic E-state index is 12.0. The lowest BCUT2D eigenvalue weighted by Crippen LogP contribution is -2.28. The molecule has 0 amide bonds. The van der Waals surface area contributed by atoms with Gasteiger partial charge in [0.1, 0.15) is 12.3 Å². The SMILES string of the molecule is CCOC(=O)c1ccc(-c2ccc(C)c(/C=C/C3NCCc4cc(OCc5ccccc5)c(OC)cc43)c2)cn1. The second kappa shape index (κ2) is 12.6. The number of methoxy groups -OCH3 is 1. The summed E-state index contributed by atoms with van der Waals surface area (Å²) in [6.45, 7) is 5.59. The molecule has 1 atom stereocenters. The van der Waals surface area contributed by atoms with Crippen LogP contribution in [0.25, 0.3) is 17.2 Å². The van der Waals surface area contributed by atoms with Crippen LogP contribution in [0.15, 0.2) is 85.1 Å². The van der Waals surface area contributed by atoms with E-state index in [9.17, 15) is 4.79 Å². The van der Waals surface area contributed by atoms with Crippen molar-refractivity contribution < 1.29 is 19.0 Å². The summed E-state index contributed by atoms with van der Waals surface area (Å²) in [6.07, 6.45) is 7.01. The summed E-state index contributed by atoms with van der Waals surface area (Å²) in [5, 5.41) is 3.63. The molecule has 5 rings (SSSR count). The number of rotatable bonds is 9. The molecular weight excluding hydrogens is 500 g/mol. The van der Waals surface area contributed by atoms with Crippen molar-refractivity contribution in [1.29, 1.82) is 0 Å². The number of pyridine rings is 1. The molecule has 0 radical (unpaired) electrons. The summed E-state index contributed by atoms with van der Waals surface area (Å²) in [5.41, 5.74) is 8.15. The van der Waals surface area contributed by atoms with E-state index in [1.165, 1.54) is 16.7 Å². The number of carbonyl (C=O) groups is 1. The number of nitrogens with zero attached hydrogens (tertiary/aromatic N) is 1. The van der Waals surface area contributed by atoms with Gasteiger partial charge in [-0.25, -0.2) is 9.78 Å². The molecule has 204 valence electrons. The number of nitrogens with one attached hydrogen (secondary N) is 1. The van der Waals surface area contributed by atoms with Gasteiger partial charge in [-0.2, -0.15) is 0 Å². The number of aryl methyl sites for hydroxylation is 1. The van der Waals surface area contributed by atoms with Gasteiger partial charge in [-0.15, -0.1) is 0 Å². The minimum Gasteiger partial charge on any atom is -0.493 e. The number of hydrogen-bond acceptors (Lipinski definition) is 6. The van der Waals surface area contributed by atoms with Crippen molar-refractivity contribution in [2.45, 2.75) is 32.9 Å². The largest absolute Gasteiger partial charge is 0.493 e. The standard InChI is InChI=1S/C34H34N2O4/c1-4-39-34(37)31-15-13-28(21-36-31)26-11-10-23(2)25(18-26)12-14-30-29-20-32(38-3)33(19-27(29)16-17-35-30)40-22-24-8-6-5-7-9-24/h5-15,18-21,30,35H,4,16-17,22H2,1-3H3/b14-12+. The molecule has 1 aliphatic rings. The maximum Gasteiger partial charge on any atom is 0.356 e. The summed E-state index contributed by atoms with van der Waals surface area (Å²) in [7, 11) is 1.68. The van der Waals surface area contributed by atoms with Gasteiger partial charge >= 0.3 is 5.97 Å². The Morgan fingerprint density at radius 2 is 1.85 bits per heavy atom. The van der Waals surface area contributed by atoms with E-state index in [0.29, 0.717) is 18.9 Å². The first-order valence-electron chi connectivity index (χ1n) is 13.6. The van der Waals surface area contributed by atoms with E-state index < -0.39 is 5.97 Å². The van der Waals surface area contributed by atoms with Gasteiger partial charge in [0, 0.05) is 18.3 Å². The molecule has 1 unspecified atom stereocenters. The van der Waals surface area contributed by atoms with Gasteiger partial charge in [0.2, 0.25) is 0 Å². The Morgan fingerprint density at radius 1 is 1.02 bits per heavy atom. The van der Waals surface area contributed by atoms with Crippen molar-refractivity contribution in [3.63, 3.8) is 0 Å². The molecule has 0 bridgehead atoms. The second-order valence-electron chi connectivity index (χ2n) is 9.74. The number of esters is 1. The van der Waals surface area contributed by atoms with Crippen LogP contribution in [0.2, 0.25) is 0 Å². The number of aromatic nitrogens is 1. The third kappa shape index (κ3) is 6.24. The highest BCUT2D eigenvalue weighted by atomic mass is 16.5. The molecular formula is C34H34N2O4. The number of benzene rings is 3. The van der Waals surface area contributed by atoms with Gasteiger partial charge in [0.15, 0.2) is 11.5 Å². The lowest BCUT2D eigenvalue weighted by Gasteiger charge is -2.26. The van der Waals surface area contributed by atoms with E-state index in [0.717, 1.165) is 46.7 Å². The first kappa shape index (κ1) is 27.2. The van der Waals surface area contributed by atoms with Gasteiger partial charge in [0.05, 0.1) is 19.8 Å². The fourth-order valence-electron chi connectivity index (χ4n) is 4.87. The number of fused-ring (bicyclic) bond motifs is 1. The Hall–Kier alpha value is -4.42. The fourth-order valence-corrected chi connectivity index (χ4v) is 4.87. The summed E-state index contributed by atoms with van der Waals surface area (Å²) >= 11 is 0. The highest BCUT2D eigenvalue weighted by Gasteiger charge is 2.21. The lowest BCUT2D eigenvalue weighted by molar-refractivity contribution is 0.0519. The van der Waals surface area contributed by atoms with Crippen molar-refractivity contribution in [3.8, 4) is 22.6 Å². The smallest absolute Gasteiger partial charge is 0.356 e. The van der Waals surface area contributed by atoms with E-state index in [2.05, 4.69) is 71.8 Å². The molecule has 2 heterocycles. The van der Waals surface area contributed by atoms with Gasteiger partial charge in [-0.3, -0.25) is 0 Å². The highest BCUT2D eigenvalue weighted by molar-refractivity contribution is 5.87. The van der Waals surface area contributed by atoms with Crippen LogP contribution in [0.3, 0.4) is 0 Å². The molecule has 40 heavy (non-hydrogen) atoms. The topological polar surface area (TPSA) is 69.7 Å². The van der Waals surface area contributed by atoms with Gasteiger partial charge < -0.3 is 19.5 Å². The van der Waals surface area contributed by atoms with Crippen LogP contribution in [-0.4, -0.2) is 31.2 Å². The van der Waals surface area contributed by atoms with Crippen LogP contribution < -0.4 is 14.8 Å².